The van der Waals surface area contributed by atoms with Crippen LogP contribution in [0.25, 0.3) is 6.08 Å². The van der Waals surface area contributed by atoms with Crippen molar-refractivity contribution >= 4 is 12.0 Å². The molecule has 1 saturated heterocycles. The van der Waals surface area contributed by atoms with Crippen molar-refractivity contribution in [2.75, 3.05) is 19.9 Å². The van der Waals surface area contributed by atoms with E-state index in [1.165, 1.54) is 12.8 Å². The van der Waals surface area contributed by atoms with E-state index in [9.17, 15) is 4.79 Å². The summed E-state index contributed by atoms with van der Waals surface area (Å²) in [6.45, 7) is 2.07. The van der Waals surface area contributed by atoms with Gasteiger partial charge in [0.05, 0.1) is 0 Å². The first-order chi connectivity index (χ1) is 10.3. The molecule has 0 aliphatic carbocycles. The fourth-order valence-electron chi connectivity index (χ4n) is 2.62. The van der Waals surface area contributed by atoms with Crippen molar-refractivity contribution in [3.05, 3.63) is 29.8 Å². The van der Waals surface area contributed by atoms with Crippen LogP contribution in [-0.4, -0.2) is 31.8 Å². The summed E-state index contributed by atoms with van der Waals surface area (Å²) in [7, 11) is 0. The second-order valence-electron chi connectivity index (χ2n) is 5.32. The summed E-state index contributed by atoms with van der Waals surface area (Å²) in [5.74, 6) is 1.41. The molecule has 1 aromatic carbocycles. The molecule has 1 unspecified atom stereocenters. The largest absolute Gasteiger partial charge is 0.454 e. The first-order valence-corrected chi connectivity index (χ1v) is 7.40. The molecule has 2 heterocycles. The van der Waals surface area contributed by atoms with Crippen LogP contribution in [0.4, 0.5) is 0 Å². The number of rotatable bonds is 5. The van der Waals surface area contributed by atoms with E-state index in [1.54, 1.807) is 12.2 Å². The summed E-state index contributed by atoms with van der Waals surface area (Å²) >= 11 is 0. The monoisotopic (exact) mass is 288 g/mol. The van der Waals surface area contributed by atoms with Gasteiger partial charge in [0.15, 0.2) is 11.5 Å². The summed E-state index contributed by atoms with van der Waals surface area (Å²) < 4.78 is 10.6. The Labute approximate surface area is 124 Å². The number of nitrogens with one attached hydrogen (secondary N) is 2. The standard InChI is InChI=1S/C16H20N2O3/c19-16(18-9-7-13-2-1-8-17-13)6-4-12-3-5-14-15(10-12)21-11-20-14/h3-6,10,13,17H,1-2,7-9,11H2,(H,18,19)/b6-4+. The minimum atomic E-state index is -0.0642. The lowest BCUT2D eigenvalue weighted by molar-refractivity contribution is -0.116. The Morgan fingerprint density at radius 2 is 2.29 bits per heavy atom. The number of hydrogen-bond donors (Lipinski definition) is 2. The Bertz CT molecular complexity index is 536. The SMILES string of the molecule is O=C(/C=C/c1ccc2c(c1)OCO2)NCCC1CCCN1. The molecule has 1 amide bonds. The van der Waals surface area contributed by atoms with Crippen LogP contribution in [0.5, 0.6) is 11.5 Å². The van der Waals surface area contributed by atoms with E-state index in [0.29, 0.717) is 12.6 Å². The number of carbonyl (C=O) groups is 1. The van der Waals surface area contributed by atoms with Gasteiger partial charge in [0.2, 0.25) is 12.7 Å². The molecule has 1 aromatic rings. The molecule has 1 fully saturated rings. The van der Waals surface area contributed by atoms with Gasteiger partial charge in [-0.15, -0.1) is 0 Å². The molecule has 1 atom stereocenters. The van der Waals surface area contributed by atoms with Gasteiger partial charge in [0, 0.05) is 18.7 Å². The number of fused-ring (bicyclic) bond motifs is 1. The lowest BCUT2D eigenvalue weighted by atomic mass is 10.1. The molecular weight excluding hydrogens is 268 g/mol. The number of carbonyl (C=O) groups excluding carboxylic acids is 1. The van der Waals surface area contributed by atoms with Crippen LogP contribution in [0.15, 0.2) is 24.3 Å². The van der Waals surface area contributed by atoms with Gasteiger partial charge in [-0.1, -0.05) is 6.07 Å². The van der Waals surface area contributed by atoms with Crippen LogP contribution in [-0.2, 0) is 4.79 Å². The Kier molecular flexibility index (Phi) is 4.40. The molecule has 0 bridgehead atoms. The summed E-state index contributed by atoms with van der Waals surface area (Å²) in [4.78, 5) is 11.7. The van der Waals surface area contributed by atoms with Crippen molar-refractivity contribution in [3.63, 3.8) is 0 Å². The maximum Gasteiger partial charge on any atom is 0.243 e. The molecule has 0 radical (unpaired) electrons. The third kappa shape index (κ3) is 3.76. The van der Waals surface area contributed by atoms with Crippen molar-refractivity contribution in [1.29, 1.82) is 0 Å². The zero-order valence-corrected chi connectivity index (χ0v) is 11.9. The summed E-state index contributed by atoms with van der Waals surface area (Å²) in [6, 6.07) is 6.18. The highest BCUT2D eigenvalue weighted by Crippen LogP contribution is 2.32. The molecule has 112 valence electrons. The molecule has 3 rings (SSSR count). The van der Waals surface area contributed by atoms with Gasteiger partial charge in [-0.05, 0) is 49.6 Å². The fraction of sp³-hybridized carbons (Fsp3) is 0.438. The topological polar surface area (TPSA) is 59.6 Å². The first-order valence-electron chi connectivity index (χ1n) is 7.40. The molecule has 5 nitrogen and oxygen atoms in total. The molecular formula is C16H20N2O3. The number of amides is 1. The van der Waals surface area contributed by atoms with Crippen LogP contribution in [0.1, 0.15) is 24.8 Å². The third-order valence-electron chi connectivity index (χ3n) is 3.78. The molecule has 2 aliphatic rings. The highest BCUT2D eigenvalue weighted by molar-refractivity contribution is 5.91. The third-order valence-corrected chi connectivity index (χ3v) is 3.78. The average molecular weight is 288 g/mol. The minimum Gasteiger partial charge on any atom is -0.454 e. The summed E-state index contributed by atoms with van der Waals surface area (Å²) in [5.41, 5.74) is 0.923. The van der Waals surface area contributed by atoms with E-state index in [0.717, 1.165) is 30.0 Å². The Hall–Kier alpha value is -2.01. The lowest BCUT2D eigenvalue weighted by Crippen LogP contribution is -2.29. The maximum absolute atomic E-state index is 11.7. The van der Waals surface area contributed by atoms with E-state index >= 15 is 0 Å². The molecule has 5 heteroatoms. The maximum atomic E-state index is 11.7. The smallest absolute Gasteiger partial charge is 0.243 e. The predicted octanol–water partition coefficient (Wildman–Crippen LogP) is 1.69. The van der Waals surface area contributed by atoms with Crippen LogP contribution in [0.2, 0.25) is 0 Å². The van der Waals surface area contributed by atoms with E-state index in [4.69, 9.17) is 9.47 Å². The van der Waals surface area contributed by atoms with E-state index in [-0.39, 0.29) is 12.7 Å². The number of hydrogen-bond acceptors (Lipinski definition) is 4. The zero-order valence-electron chi connectivity index (χ0n) is 11.9. The van der Waals surface area contributed by atoms with Crippen LogP contribution in [0.3, 0.4) is 0 Å². The molecule has 21 heavy (non-hydrogen) atoms. The van der Waals surface area contributed by atoms with Crippen molar-refractivity contribution in [1.82, 2.24) is 10.6 Å². The second kappa shape index (κ2) is 6.63. The van der Waals surface area contributed by atoms with E-state index < -0.39 is 0 Å². The Balaban J connectivity index is 1.45. The van der Waals surface area contributed by atoms with Crippen LogP contribution < -0.4 is 20.1 Å². The second-order valence-corrected chi connectivity index (χ2v) is 5.32. The summed E-state index contributed by atoms with van der Waals surface area (Å²) in [6.07, 6.45) is 6.78. The molecule has 2 N–H and O–H groups in total. The number of benzene rings is 1. The van der Waals surface area contributed by atoms with Gasteiger partial charge in [-0.25, -0.2) is 0 Å². The first kappa shape index (κ1) is 13.9. The molecule has 0 spiro atoms. The molecule has 0 aromatic heterocycles. The normalized spacial score (nSPS) is 20.1. The van der Waals surface area contributed by atoms with Crippen molar-refractivity contribution < 1.29 is 14.3 Å². The van der Waals surface area contributed by atoms with Gasteiger partial charge in [-0.3, -0.25) is 4.79 Å². The quantitative estimate of drug-likeness (QED) is 0.810. The lowest BCUT2D eigenvalue weighted by Gasteiger charge is -2.09. The fourth-order valence-corrected chi connectivity index (χ4v) is 2.62. The van der Waals surface area contributed by atoms with E-state index in [2.05, 4.69) is 10.6 Å². The Morgan fingerprint density at radius 3 is 3.14 bits per heavy atom. The van der Waals surface area contributed by atoms with E-state index in [1.807, 2.05) is 18.2 Å². The van der Waals surface area contributed by atoms with Crippen LogP contribution >= 0.6 is 0 Å². The van der Waals surface area contributed by atoms with Crippen molar-refractivity contribution in [2.45, 2.75) is 25.3 Å². The van der Waals surface area contributed by atoms with Gasteiger partial charge in [0.25, 0.3) is 0 Å². The Morgan fingerprint density at radius 1 is 1.38 bits per heavy atom. The predicted molar refractivity (Wildman–Crippen MR) is 80.3 cm³/mol. The van der Waals surface area contributed by atoms with Crippen molar-refractivity contribution in [2.24, 2.45) is 0 Å². The van der Waals surface area contributed by atoms with Crippen LogP contribution in [0, 0.1) is 0 Å². The highest BCUT2D eigenvalue weighted by Gasteiger charge is 2.13. The minimum absolute atomic E-state index is 0.0642. The van der Waals surface area contributed by atoms with Crippen molar-refractivity contribution in [3.8, 4) is 11.5 Å². The average Bonchev–Trinajstić information content (AvgIpc) is 3.15. The highest BCUT2D eigenvalue weighted by atomic mass is 16.7. The van der Waals surface area contributed by atoms with Gasteiger partial charge < -0.3 is 20.1 Å². The molecule has 2 aliphatic heterocycles. The van der Waals surface area contributed by atoms with Gasteiger partial charge in [0.1, 0.15) is 0 Å². The van der Waals surface area contributed by atoms with Gasteiger partial charge in [-0.2, -0.15) is 0 Å². The summed E-state index contributed by atoms with van der Waals surface area (Å²) in [5, 5.41) is 6.33. The number of ether oxygens (including phenoxy) is 2. The van der Waals surface area contributed by atoms with Gasteiger partial charge >= 0.3 is 0 Å². The molecule has 0 saturated carbocycles. The zero-order chi connectivity index (χ0) is 14.5.